The first kappa shape index (κ1) is 26.0. The number of esters is 1. The molecule has 2 amide bonds. The molecule has 0 unspecified atom stereocenters. The van der Waals surface area contributed by atoms with E-state index in [0.29, 0.717) is 29.2 Å². The Kier molecular flexibility index (Phi) is 9.16. The first-order valence-corrected chi connectivity index (χ1v) is 11.3. The van der Waals surface area contributed by atoms with Gasteiger partial charge in [0, 0.05) is 5.69 Å². The summed E-state index contributed by atoms with van der Waals surface area (Å²) in [6.45, 7) is 4.43. The maximum absolute atomic E-state index is 12.5. The molecule has 9 heteroatoms. The van der Waals surface area contributed by atoms with Gasteiger partial charge in [-0.25, -0.2) is 10.2 Å². The van der Waals surface area contributed by atoms with Crippen LogP contribution in [0.3, 0.4) is 0 Å². The van der Waals surface area contributed by atoms with Gasteiger partial charge in [0.05, 0.1) is 25.5 Å². The smallest absolute Gasteiger partial charge is 0.343 e. The minimum Gasteiger partial charge on any atom is -0.494 e. The predicted molar refractivity (Wildman–Crippen MR) is 136 cm³/mol. The molecule has 0 fully saturated rings. The minimum atomic E-state index is -0.918. The molecule has 3 aromatic rings. The lowest BCUT2D eigenvalue weighted by Crippen LogP contribution is -2.32. The Bertz CT molecular complexity index is 1240. The van der Waals surface area contributed by atoms with Gasteiger partial charge in [-0.1, -0.05) is 19.1 Å². The Morgan fingerprint density at radius 1 is 0.889 bits per heavy atom. The molecular formula is C27H27N3O6. The van der Waals surface area contributed by atoms with Crippen molar-refractivity contribution in [3.63, 3.8) is 0 Å². The van der Waals surface area contributed by atoms with Gasteiger partial charge < -0.3 is 19.5 Å². The van der Waals surface area contributed by atoms with E-state index in [1.165, 1.54) is 13.3 Å². The largest absolute Gasteiger partial charge is 0.494 e. The Morgan fingerprint density at radius 3 is 2.25 bits per heavy atom. The number of carbonyl (C=O) groups is 3. The van der Waals surface area contributed by atoms with Gasteiger partial charge in [0.1, 0.15) is 5.75 Å². The summed E-state index contributed by atoms with van der Waals surface area (Å²) in [5.41, 5.74) is 4.71. The van der Waals surface area contributed by atoms with Gasteiger partial charge in [-0.2, -0.15) is 5.10 Å². The molecule has 0 aliphatic carbocycles. The second kappa shape index (κ2) is 12.7. The van der Waals surface area contributed by atoms with E-state index in [0.717, 1.165) is 12.0 Å². The topological polar surface area (TPSA) is 115 Å². The van der Waals surface area contributed by atoms with Crippen molar-refractivity contribution >= 4 is 29.7 Å². The molecule has 36 heavy (non-hydrogen) atoms. The first-order valence-electron chi connectivity index (χ1n) is 11.3. The van der Waals surface area contributed by atoms with Crippen molar-refractivity contribution in [2.24, 2.45) is 5.10 Å². The Labute approximate surface area is 209 Å². The van der Waals surface area contributed by atoms with Crippen LogP contribution in [0.2, 0.25) is 0 Å². The summed E-state index contributed by atoms with van der Waals surface area (Å²) < 4.78 is 16.1. The molecule has 0 aliphatic rings. The highest BCUT2D eigenvalue weighted by atomic mass is 16.6. The molecule has 0 spiro atoms. The number of carbonyl (C=O) groups excluding carboxylic acids is 3. The standard InChI is InChI=1S/C27H27N3O6/c1-4-18-6-11-21(12-7-18)29-25(31)26(32)30-28-17-19-8-15-23(24(16-19)34-3)36-27(33)20-9-13-22(14-10-20)35-5-2/h6-17H,4-5H2,1-3H3,(H,29,31)(H,30,32)/b28-17+. The van der Waals surface area contributed by atoms with Crippen LogP contribution in [0.5, 0.6) is 17.2 Å². The fourth-order valence-electron chi connectivity index (χ4n) is 3.09. The highest BCUT2D eigenvalue weighted by Crippen LogP contribution is 2.28. The van der Waals surface area contributed by atoms with Crippen molar-refractivity contribution in [2.45, 2.75) is 20.3 Å². The molecular weight excluding hydrogens is 462 g/mol. The van der Waals surface area contributed by atoms with E-state index in [4.69, 9.17) is 14.2 Å². The number of aryl methyl sites for hydroxylation is 1. The molecule has 0 heterocycles. The van der Waals surface area contributed by atoms with E-state index in [1.807, 2.05) is 26.0 Å². The van der Waals surface area contributed by atoms with Gasteiger partial charge in [0.2, 0.25) is 0 Å². The lowest BCUT2D eigenvalue weighted by atomic mass is 10.1. The van der Waals surface area contributed by atoms with E-state index in [-0.39, 0.29) is 11.5 Å². The van der Waals surface area contributed by atoms with Crippen molar-refractivity contribution in [2.75, 3.05) is 19.0 Å². The Morgan fingerprint density at radius 2 is 1.61 bits per heavy atom. The minimum absolute atomic E-state index is 0.214. The molecule has 0 bridgehead atoms. The molecule has 0 aromatic heterocycles. The summed E-state index contributed by atoms with van der Waals surface area (Å²) >= 11 is 0. The maximum Gasteiger partial charge on any atom is 0.343 e. The van der Waals surface area contributed by atoms with Crippen molar-refractivity contribution in [3.8, 4) is 17.2 Å². The summed E-state index contributed by atoms with van der Waals surface area (Å²) in [5.74, 6) is -1.15. The second-order valence-electron chi connectivity index (χ2n) is 7.46. The molecule has 3 rings (SSSR count). The zero-order valence-electron chi connectivity index (χ0n) is 20.2. The SMILES string of the molecule is CCOc1ccc(C(=O)Oc2ccc(/C=N/NC(=O)C(=O)Nc3ccc(CC)cc3)cc2OC)cc1. The van der Waals surface area contributed by atoms with E-state index >= 15 is 0 Å². The van der Waals surface area contributed by atoms with Crippen molar-refractivity contribution < 1.29 is 28.6 Å². The Hall–Kier alpha value is -4.66. The van der Waals surface area contributed by atoms with Gasteiger partial charge in [0.15, 0.2) is 11.5 Å². The quantitative estimate of drug-likeness (QED) is 0.155. The Balaban J connectivity index is 1.57. The second-order valence-corrected chi connectivity index (χ2v) is 7.46. The molecule has 0 aliphatic heterocycles. The molecule has 0 saturated heterocycles. The lowest BCUT2D eigenvalue weighted by Gasteiger charge is -2.10. The van der Waals surface area contributed by atoms with E-state index in [2.05, 4.69) is 15.8 Å². The van der Waals surface area contributed by atoms with E-state index in [9.17, 15) is 14.4 Å². The van der Waals surface area contributed by atoms with Gasteiger partial charge >= 0.3 is 17.8 Å². The third-order valence-corrected chi connectivity index (χ3v) is 5.00. The number of rotatable bonds is 9. The first-order chi connectivity index (χ1) is 17.4. The molecule has 3 aromatic carbocycles. The molecule has 0 atom stereocenters. The highest BCUT2D eigenvalue weighted by Gasteiger charge is 2.14. The van der Waals surface area contributed by atoms with Crippen LogP contribution in [0.15, 0.2) is 71.8 Å². The molecule has 186 valence electrons. The van der Waals surface area contributed by atoms with Crippen LogP contribution in [-0.2, 0) is 16.0 Å². The van der Waals surface area contributed by atoms with Gasteiger partial charge in [-0.15, -0.1) is 0 Å². The molecule has 9 nitrogen and oxygen atoms in total. The highest BCUT2D eigenvalue weighted by molar-refractivity contribution is 6.39. The zero-order valence-corrected chi connectivity index (χ0v) is 20.2. The van der Waals surface area contributed by atoms with Gasteiger partial charge in [0.25, 0.3) is 0 Å². The number of anilines is 1. The fourth-order valence-corrected chi connectivity index (χ4v) is 3.09. The number of nitrogens with zero attached hydrogens (tertiary/aromatic N) is 1. The van der Waals surface area contributed by atoms with Gasteiger partial charge in [-0.3, -0.25) is 9.59 Å². The third kappa shape index (κ3) is 7.17. The van der Waals surface area contributed by atoms with Crippen molar-refractivity contribution in [1.82, 2.24) is 5.43 Å². The van der Waals surface area contributed by atoms with Crippen LogP contribution in [0.25, 0.3) is 0 Å². The predicted octanol–water partition coefficient (Wildman–Crippen LogP) is 3.96. The summed E-state index contributed by atoms with van der Waals surface area (Å²) in [4.78, 5) is 36.6. The normalized spacial score (nSPS) is 10.5. The fraction of sp³-hybridized carbons (Fsp3) is 0.185. The summed E-state index contributed by atoms with van der Waals surface area (Å²) in [5, 5.41) is 6.32. The number of benzene rings is 3. The number of ether oxygens (including phenoxy) is 3. The van der Waals surface area contributed by atoms with Crippen LogP contribution in [0.1, 0.15) is 35.3 Å². The van der Waals surface area contributed by atoms with E-state index in [1.54, 1.807) is 54.6 Å². The average molecular weight is 490 g/mol. The molecule has 0 saturated carbocycles. The summed E-state index contributed by atoms with van der Waals surface area (Å²) in [6.07, 6.45) is 2.21. The number of methoxy groups -OCH3 is 1. The van der Waals surface area contributed by atoms with Crippen LogP contribution in [0, 0.1) is 0 Å². The van der Waals surface area contributed by atoms with Crippen LogP contribution >= 0.6 is 0 Å². The number of amides is 2. The number of nitrogens with one attached hydrogen (secondary N) is 2. The molecule has 2 N–H and O–H groups in total. The average Bonchev–Trinajstić information content (AvgIpc) is 2.90. The summed E-state index contributed by atoms with van der Waals surface area (Å²) in [7, 11) is 1.43. The van der Waals surface area contributed by atoms with Crippen LogP contribution < -0.4 is 25.0 Å². The number of hydrogen-bond acceptors (Lipinski definition) is 7. The monoisotopic (exact) mass is 489 g/mol. The third-order valence-electron chi connectivity index (χ3n) is 5.00. The number of hydrazone groups is 1. The van der Waals surface area contributed by atoms with Crippen LogP contribution in [0.4, 0.5) is 5.69 Å². The van der Waals surface area contributed by atoms with Crippen molar-refractivity contribution in [1.29, 1.82) is 0 Å². The summed E-state index contributed by atoms with van der Waals surface area (Å²) in [6, 6.07) is 18.5. The zero-order chi connectivity index (χ0) is 25.9. The molecule has 0 radical (unpaired) electrons. The maximum atomic E-state index is 12.5. The van der Waals surface area contributed by atoms with E-state index < -0.39 is 17.8 Å². The van der Waals surface area contributed by atoms with Gasteiger partial charge in [-0.05, 0) is 79.1 Å². The van der Waals surface area contributed by atoms with Crippen LogP contribution in [-0.4, -0.2) is 37.7 Å². The lowest BCUT2D eigenvalue weighted by molar-refractivity contribution is -0.136. The number of hydrogen-bond donors (Lipinski definition) is 2. The van der Waals surface area contributed by atoms with Crippen molar-refractivity contribution in [3.05, 3.63) is 83.4 Å².